The molecule has 3 aromatic rings. The average Bonchev–Trinajstić information content (AvgIpc) is 3.17. The predicted molar refractivity (Wildman–Crippen MR) is 95.3 cm³/mol. The number of hydrogen-bond acceptors (Lipinski definition) is 6. The van der Waals surface area contributed by atoms with Crippen LogP contribution in [0.3, 0.4) is 0 Å². The summed E-state index contributed by atoms with van der Waals surface area (Å²) in [6, 6.07) is 15.3. The van der Waals surface area contributed by atoms with E-state index in [4.69, 9.17) is 11.6 Å². The maximum atomic E-state index is 5.91. The van der Waals surface area contributed by atoms with E-state index in [1.807, 2.05) is 48.5 Å². The zero-order valence-corrected chi connectivity index (χ0v) is 13.7. The molecule has 1 aromatic heterocycles. The zero-order valence-electron chi connectivity index (χ0n) is 12.1. The summed E-state index contributed by atoms with van der Waals surface area (Å²) >= 11 is 7.33. The van der Waals surface area contributed by atoms with Crippen molar-refractivity contribution in [3.8, 4) is 11.5 Å². The Morgan fingerprint density at radius 2 is 1.83 bits per heavy atom. The molecule has 6 nitrogen and oxygen atoms in total. The Balaban J connectivity index is 1.64. The smallest absolute Gasteiger partial charge is 0.236 e. The summed E-state index contributed by atoms with van der Waals surface area (Å²) in [5.74, 6) is 0.710. The van der Waals surface area contributed by atoms with E-state index in [0.717, 1.165) is 22.3 Å². The molecule has 0 fully saturated rings. The lowest BCUT2D eigenvalue weighted by Gasteiger charge is -2.01. The minimum atomic E-state index is 0.682. The van der Waals surface area contributed by atoms with Gasteiger partial charge < -0.3 is 5.32 Å². The van der Waals surface area contributed by atoms with E-state index in [9.17, 15) is 0 Å². The van der Waals surface area contributed by atoms with E-state index in [2.05, 4.69) is 25.6 Å². The molecule has 24 heavy (non-hydrogen) atoms. The number of halogens is 1. The molecule has 2 aromatic carbocycles. The van der Waals surface area contributed by atoms with Crippen molar-refractivity contribution >= 4 is 49.6 Å². The summed E-state index contributed by atoms with van der Waals surface area (Å²) in [7, 11) is 0. The summed E-state index contributed by atoms with van der Waals surface area (Å²) in [5.41, 5.74) is 2.55. The average molecular weight is 353 g/mol. The third-order valence-corrected chi connectivity index (χ3v) is 4.76. The van der Waals surface area contributed by atoms with Crippen LogP contribution in [0.2, 0.25) is 5.02 Å². The Kier molecular flexibility index (Phi) is 2.91. The number of para-hydroxylation sites is 1. The van der Waals surface area contributed by atoms with Gasteiger partial charge in [-0.2, -0.15) is 4.52 Å². The van der Waals surface area contributed by atoms with E-state index < -0.39 is 0 Å². The second kappa shape index (κ2) is 5.12. The van der Waals surface area contributed by atoms with Gasteiger partial charge in [0, 0.05) is 16.1 Å². The Bertz CT molecular complexity index is 1150. The van der Waals surface area contributed by atoms with Crippen molar-refractivity contribution in [2.45, 2.75) is 0 Å². The fourth-order valence-electron chi connectivity index (χ4n) is 2.59. The number of aromatic nitrogens is 5. The van der Waals surface area contributed by atoms with Gasteiger partial charge in [0.05, 0.1) is 5.52 Å². The minimum absolute atomic E-state index is 0.682. The monoisotopic (exact) mass is 352 g/mol. The summed E-state index contributed by atoms with van der Waals surface area (Å²) in [6.07, 6.45) is 0. The van der Waals surface area contributed by atoms with Crippen molar-refractivity contribution in [2.24, 2.45) is 0 Å². The maximum absolute atomic E-state index is 5.91. The molecule has 116 valence electrons. The molecule has 2 aliphatic rings. The van der Waals surface area contributed by atoms with Crippen LogP contribution in [0.15, 0.2) is 48.5 Å². The van der Waals surface area contributed by atoms with Crippen LogP contribution in [0.4, 0.5) is 10.8 Å². The lowest BCUT2D eigenvalue weighted by atomic mass is 10.2. The first-order chi connectivity index (χ1) is 11.8. The van der Waals surface area contributed by atoms with Crippen molar-refractivity contribution in [3.05, 3.63) is 53.6 Å². The topological polar surface area (TPSA) is 68.0 Å². The summed E-state index contributed by atoms with van der Waals surface area (Å²) in [6.45, 7) is 0. The molecule has 8 heteroatoms. The SMILES string of the molecule is Clc1ccc(Nc2nn3c4nc5ccccc5c-4nnc3s2)cc1. The first-order valence-electron chi connectivity index (χ1n) is 7.21. The normalized spacial score (nSPS) is 11.5. The van der Waals surface area contributed by atoms with Crippen molar-refractivity contribution in [2.75, 3.05) is 5.32 Å². The number of benzene rings is 2. The van der Waals surface area contributed by atoms with E-state index in [1.54, 1.807) is 4.52 Å². The summed E-state index contributed by atoms with van der Waals surface area (Å²) in [4.78, 5) is 5.32. The summed E-state index contributed by atoms with van der Waals surface area (Å²) in [5, 5.41) is 18.8. The standard InChI is InChI=1S/C16H9ClN6S/c17-9-5-7-10(8-6-9)18-15-22-23-14-13(20-21-16(23)24-15)11-3-1-2-4-12(11)19-14/h1-8H,(H,18,22). The van der Waals surface area contributed by atoms with Gasteiger partial charge in [-0.3, -0.25) is 0 Å². The van der Waals surface area contributed by atoms with Crippen molar-refractivity contribution in [1.29, 1.82) is 0 Å². The quantitative estimate of drug-likeness (QED) is 0.514. The van der Waals surface area contributed by atoms with Gasteiger partial charge in [0.15, 0.2) is 5.82 Å². The lowest BCUT2D eigenvalue weighted by molar-refractivity contribution is 0.886. The number of nitrogens with one attached hydrogen (secondary N) is 1. The van der Waals surface area contributed by atoms with Crippen LogP contribution >= 0.6 is 22.9 Å². The van der Waals surface area contributed by atoms with Crippen molar-refractivity contribution in [3.63, 3.8) is 0 Å². The molecule has 0 radical (unpaired) electrons. The van der Waals surface area contributed by atoms with Gasteiger partial charge in [0.25, 0.3) is 0 Å². The second-order valence-corrected chi connectivity index (χ2v) is 6.63. The number of anilines is 2. The summed E-state index contributed by atoms with van der Waals surface area (Å²) < 4.78 is 1.73. The van der Waals surface area contributed by atoms with Crippen LogP contribution in [0.25, 0.3) is 27.4 Å². The van der Waals surface area contributed by atoms with Gasteiger partial charge in [-0.15, -0.1) is 15.3 Å². The second-order valence-electron chi connectivity index (χ2n) is 5.23. The fourth-order valence-corrected chi connectivity index (χ4v) is 3.48. The van der Waals surface area contributed by atoms with Crippen molar-refractivity contribution < 1.29 is 0 Å². The van der Waals surface area contributed by atoms with Crippen LogP contribution in [-0.2, 0) is 0 Å². The van der Waals surface area contributed by atoms with Crippen LogP contribution in [0, 0.1) is 0 Å². The molecule has 0 spiro atoms. The zero-order chi connectivity index (χ0) is 16.1. The van der Waals surface area contributed by atoms with Crippen LogP contribution in [-0.4, -0.2) is 24.8 Å². The highest BCUT2D eigenvalue weighted by Gasteiger charge is 2.19. The number of fused-ring (bicyclic) bond motifs is 5. The Morgan fingerprint density at radius 3 is 2.71 bits per heavy atom. The molecule has 3 heterocycles. The van der Waals surface area contributed by atoms with Crippen LogP contribution in [0.5, 0.6) is 0 Å². The molecular weight excluding hydrogens is 344 g/mol. The Morgan fingerprint density at radius 1 is 1.00 bits per heavy atom. The molecule has 0 aliphatic carbocycles. The number of hydrogen-bond donors (Lipinski definition) is 1. The first-order valence-corrected chi connectivity index (χ1v) is 8.41. The van der Waals surface area contributed by atoms with Gasteiger partial charge in [-0.25, -0.2) is 4.98 Å². The first kappa shape index (κ1) is 13.6. The molecule has 0 saturated heterocycles. The van der Waals surface area contributed by atoms with Gasteiger partial charge in [-0.1, -0.05) is 41.1 Å². The lowest BCUT2D eigenvalue weighted by Crippen LogP contribution is -2.00. The van der Waals surface area contributed by atoms with E-state index >= 15 is 0 Å². The predicted octanol–water partition coefficient (Wildman–Crippen LogP) is 4.24. The third kappa shape index (κ3) is 2.10. The fraction of sp³-hybridized carbons (Fsp3) is 0. The van der Waals surface area contributed by atoms with Crippen LogP contribution < -0.4 is 5.32 Å². The highest BCUT2D eigenvalue weighted by molar-refractivity contribution is 7.20. The van der Waals surface area contributed by atoms with Crippen molar-refractivity contribution in [1.82, 2.24) is 24.8 Å². The Labute approximate surface area is 145 Å². The minimum Gasteiger partial charge on any atom is -0.330 e. The number of rotatable bonds is 2. The van der Waals surface area contributed by atoms with E-state index in [0.29, 0.717) is 20.9 Å². The van der Waals surface area contributed by atoms with Crippen LogP contribution in [0.1, 0.15) is 0 Å². The maximum Gasteiger partial charge on any atom is 0.236 e. The van der Waals surface area contributed by atoms with Gasteiger partial charge >= 0.3 is 0 Å². The molecule has 0 atom stereocenters. The molecule has 0 saturated carbocycles. The van der Waals surface area contributed by atoms with E-state index in [1.165, 1.54) is 11.3 Å². The highest BCUT2D eigenvalue weighted by atomic mass is 35.5. The molecule has 0 unspecified atom stereocenters. The molecule has 1 N–H and O–H groups in total. The van der Waals surface area contributed by atoms with Gasteiger partial charge in [-0.05, 0) is 30.3 Å². The third-order valence-electron chi connectivity index (χ3n) is 3.69. The van der Waals surface area contributed by atoms with E-state index in [-0.39, 0.29) is 0 Å². The molecular formula is C16H9ClN6S. The Hall–Kier alpha value is -2.77. The molecule has 0 bridgehead atoms. The molecule has 0 amide bonds. The van der Waals surface area contributed by atoms with Gasteiger partial charge in [0.2, 0.25) is 10.1 Å². The number of nitrogens with zero attached hydrogens (tertiary/aromatic N) is 5. The molecule has 2 aliphatic heterocycles. The highest BCUT2D eigenvalue weighted by Crippen LogP contribution is 2.31. The molecule has 5 rings (SSSR count). The van der Waals surface area contributed by atoms with Gasteiger partial charge in [0.1, 0.15) is 5.69 Å². The largest absolute Gasteiger partial charge is 0.330 e.